The first kappa shape index (κ1) is 10.5. The Hall–Kier alpha value is -0.450. The lowest BCUT2D eigenvalue weighted by molar-refractivity contribution is 0.312. The van der Waals surface area contributed by atoms with Crippen molar-refractivity contribution < 1.29 is 13.0 Å². The van der Waals surface area contributed by atoms with Gasteiger partial charge < -0.3 is 4.55 Å². The monoisotopic (exact) mass is 136 g/mol. The van der Waals surface area contributed by atoms with Crippen molar-refractivity contribution in [2.75, 3.05) is 0 Å². The van der Waals surface area contributed by atoms with Gasteiger partial charge in [0.15, 0.2) is 0 Å². The van der Waals surface area contributed by atoms with Crippen molar-refractivity contribution in [2.45, 2.75) is 0 Å². The van der Waals surface area contributed by atoms with Gasteiger partial charge in [-0.2, -0.15) is 0 Å². The zero-order valence-corrected chi connectivity index (χ0v) is 4.94. The summed E-state index contributed by atoms with van der Waals surface area (Å²) >= 11 is -2.54. The van der Waals surface area contributed by atoms with E-state index < -0.39 is 11.4 Å². The van der Waals surface area contributed by atoms with E-state index in [0.717, 1.165) is 0 Å². The molecule has 0 aromatic heterocycles. The second kappa shape index (κ2) is 9.75. The van der Waals surface area contributed by atoms with E-state index >= 15 is 0 Å². The summed E-state index contributed by atoms with van der Waals surface area (Å²) in [5.41, 5.74) is 2.25. The lowest BCUT2D eigenvalue weighted by Gasteiger charge is -1.93. The second-order valence-electron chi connectivity index (χ2n) is 0.550. The van der Waals surface area contributed by atoms with Gasteiger partial charge in [0.25, 0.3) is 0 Å². The molecule has 0 aromatic rings. The standard InChI is InChI=1S/C3H4.H3NO3S/c1-3-2;1-4-5(2)3/h1-2H2;1H2,(H,2,3)/p-1. The Kier molecular flexibility index (Phi) is 12.8. The lowest BCUT2D eigenvalue weighted by atomic mass is 11.0. The van der Waals surface area contributed by atoms with Gasteiger partial charge in [-0.1, -0.05) is 13.2 Å². The topological polar surface area (TPSA) is 75.4 Å². The maximum atomic E-state index is 9.02. The van der Waals surface area contributed by atoms with E-state index in [1.54, 1.807) is 0 Å². The van der Waals surface area contributed by atoms with Gasteiger partial charge >= 0.3 is 0 Å². The van der Waals surface area contributed by atoms with Crippen LogP contribution in [0.5, 0.6) is 0 Å². The minimum Gasteiger partial charge on any atom is -0.748 e. The Balaban J connectivity index is 0. The molecule has 0 fully saturated rings. The third kappa shape index (κ3) is 47.8. The van der Waals surface area contributed by atoms with Crippen LogP contribution < -0.4 is 5.90 Å². The van der Waals surface area contributed by atoms with Crippen LogP contribution in [-0.4, -0.2) is 8.76 Å². The van der Waals surface area contributed by atoms with Gasteiger partial charge in [0.2, 0.25) is 0 Å². The molecular formula is C3H6NO3S-. The summed E-state index contributed by atoms with van der Waals surface area (Å²) in [6.07, 6.45) is 0. The van der Waals surface area contributed by atoms with E-state index in [-0.39, 0.29) is 0 Å². The average Bonchev–Trinajstić information content (AvgIpc) is 1.69. The Morgan fingerprint density at radius 2 is 1.88 bits per heavy atom. The van der Waals surface area contributed by atoms with Crippen molar-refractivity contribution in [3.63, 3.8) is 0 Å². The summed E-state index contributed by atoms with van der Waals surface area (Å²) in [4.78, 5) is 0. The number of rotatable bonds is 1. The normalized spacial score (nSPS) is 10.2. The van der Waals surface area contributed by atoms with Crippen molar-refractivity contribution in [3.8, 4) is 0 Å². The maximum Gasteiger partial charge on any atom is 0.105 e. The molecule has 8 heavy (non-hydrogen) atoms. The molecule has 0 rings (SSSR count). The molecule has 48 valence electrons. The van der Waals surface area contributed by atoms with Crippen molar-refractivity contribution in [1.82, 2.24) is 0 Å². The van der Waals surface area contributed by atoms with Crippen LogP contribution in [0, 0.1) is 0 Å². The predicted octanol–water partition coefficient (Wildman–Crippen LogP) is -0.372. The van der Waals surface area contributed by atoms with Gasteiger partial charge in [0, 0.05) is 0 Å². The highest BCUT2D eigenvalue weighted by molar-refractivity contribution is 7.74. The summed E-state index contributed by atoms with van der Waals surface area (Å²) in [7, 11) is 0. The van der Waals surface area contributed by atoms with E-state index in [4.69, 9.17) is 8.76 Å². The summed E-state index contributed by atoms with van der Waals surface area (Å²) in [5, 5.41) is 0. The van der Waals surface area contributed by atoms with Gasteiger partial charge in [-0.25, -0.2) is 14.4 Å². The summed E-state index contributed by atoms with van der Waals surface area (Å²) in [6, 6.07) is 0. The van der Waals surface area contributed by atoms with Gasteiger partial charge in [-0.15, -0.1) is 5.73 Å². The maximum absolute atomic E-state index is 9.02. The summed E-state index contributed by atoms with van der Waals surface area (Å²) in [5.74, 6) is 4.06. The SMILES string of the molecule is C=C=C.NOS(=O)[O-]. The Bertz CT molecular complexity index is 96.7. The fraction of sp³-hybridized carbons (Fsp3) is 0. The van der Waals surface area contributed by atoms with Crippen molar-refractivity contribution in [1.29, 1.82) is 0 Å². The minimum atomic E-state index is -2.54. The molecule has 1 unspecified atom stereocenters. The Labute approximate surface area is 50.1 Å². The zero-order chi connectivity index (χ0) is 6.99. The van der Waals surface area contributed by atoms with E-state index in [2.05, 4.69) is 29.1 Å². The van der Waals surface area contributed by atoms with Crippen LogP contribution in [0.1, 0.15) is 0 Å². The highest BCUT2D eigenvalue weighted by Crippen LogP contribution is 1.58. The number of hydrogen-bond donors (Lipinski definition) is 1. The molecule has 5 heteroatoms. The molecule has 0 spiro atoms. The highest BCUT2D eigenvalue weighted by Gasteiger charge is 1.60. The molecule has 0 bridgehead atoms. The fourth-order valence-corrected chi connectivity index (χ4v) is 0. The van der Waals surface area contributed by atoms with Crippen LogP contribution >= 0.6 is 0 Å². The summed E-state index contributed by atoms with van der Waals surface area (Å²) in [6.45, 7) is 6.25. The highest BCUT2D eigenvalue weighted by atomic mass is 32.2. The molecule has 0 saturated heterocycles. The Morgan fingerprint density at radius 3 is 1.88 bits per heavy atom. The van der Waals surface area contributed by atoms with Crippen LogP contribution in [-0.2, 0) is 15.6 Å². The van der Waals surface area contributed by atoms with Gasteiger partial charge in [-0.3, -0.25) is 0 Å². The van der Waals surface area contributed by atoms with E-state index in [1.807, 2.05) is 0 Å². The third-order valence-corrected chi connectivity index (χ3v) is 0.236. The molecule has 4 nitrogen and oxygen atoms in total. The molecular weight excluding hydrogens is 130 g/mol. The zero-order valence-electron chi connectivity index (χ0n) is 4.12. The first-order valence-corrected chi connectivity index (χ1v) is 2.44. The van der Waals surface area contributed by atoms with Crippen molar-refractivity contribution in [3.05, 3.63) is 18.9 Å². The molecule has 2 N–H and O–H groups in total. The number of hydrogen-bond acceptors (Lipinski definition) is 4. The third-order valence-electron chi connectivity index (χ3n) is 0.0786. The van der Waals surface area contributed by atoms with Crippen LogP contribution in [0.2, 0.25) is 0 Å². The Morgan fingerprint density at radius 1 is 1.75 bits per heavy atom. The van der Waals surface area contributed by atoms with E-state index in [1.165, 1.54) is 0 Å². The van der Waals surface area contributed by atoms with Crippen LogP contribution in [0.4, 0.5) is 0 Å². The summed E-state index contributed by atoms with van der Waals surface area (Å²) < 4.78 is 21.2. The van der Waals surface area contributed by atoms with E-state index in [9.17, 15) is 0 Å². The first-order valence-electron chi connectivity index (χ1n) is 1.44. The molecule has 0 aromatic carbocycles. The van der Waals surface area contributed by atoms with Gasteiger partial charge in [0.1, 0.15) is 11.4 Å². The largest absolute Gasteiger partial charge is 0.748 e. The van der Waals surface area contributed by atoms with Crippen molar-refractivity contribution >= 4 is 11.4 Å². The molecule has 0 amide bonds. The molecule has 0 heterocycles. The lowest BCUT2D eigenvalue weighted by Crippen LogP contribution is -2.00. The molecule has 0 saturated carbocycles. The average molecular weight is 136 g/mol. The van der Waals surface area contributed by atoms with Crippen LogP contribution in [0.25, 0.3) is 0 Å². The van der Waals surface area contributed by atoms with Gasteiger partial charge in [-0.05, 0) is 0 Å². The quantitative estimate of drug-likeness (QED) is 0.303. The van der Waals surface area contributed by atoms with Crippen LogP contribution in [0.15, 0.2) is 18.9 Å². The first-order chi connectivity index (χ1) is 3.68. The number of nitrogens with two attached hydrogens (primary N) is 1. The van der Waals surface area contributed by atoms with Crippen molar-refractivity contribution in [2.24, 2.45) is 5.90 Å². The van der Waals surface area contributed by atoms with Gasteiger partial charge in [0.05, 0.1) is 0 Å². The van der Waals surface area contributed by atoms with Crippen LogP contribution in [0.3, 0.4) is 0 Å². The second-order valence-corrected chi connectivity index (χ2v) is 1.15. The molecule has 0 radical (unpaired) electrons. The molecule has 0 aliphatic heterocycles. The minimum absolute atomic E-state index is 2.25. The fourth-order valence-electron chi connectivity index (χ4n) is 0. The molecule has 0 aliphatic rings. The molecule has 1 atom stereocenters. The predicted molar refractivity (Wildman–Crippen MR) is 29.0 cm³/mol. The smallest absolute Gasteiger partial charge is 0.105 e. The molecule has 0 aliphatic carbocycles. The van der Waals surface area contributed by atoms with E-state index in [0.29, 0.717) is 0 Å².